The molecule has 3 aliphatic heterocycles. The molecule has 0 aromatic heterocycles. The van der Waals surface area contributed by atoms with Gasteiger partial charge in [0.25, 0.3) is 0 Å². The van der Waals surface area contributed by atoms with Crippen LogP contribution in [0.15, 0.2) is 18.2 Å². The average Bonchev–Trinajstić information content (AvgIpc) is 3.19. The zero-order valence-electron chi connectivity index (χ0n) is 17.9. The van der Waals surface area contributed by atoms with E-state index in [9.17, 15) is 4.79 Å². The second-order valence-corrected chi connectivity index (χ2v) is 8.51. The fraction of sp³-hybridized carbons (Fsp3) is 0.696. The van der Waals surface area contributed by atoms with E-state index in [0.29, 0.717) is 5.91 Å². The van der Waals surface area contributed by atoms with Crippen molar-refractivity contribution in [1.29, 1.82) is 0 Å². The molecule has 3 heterocycles. The number of rotatable bonds is 6. The van der Waals surface area contributed by atoms with Crippen LogP contribution in [0.3, 0.4) is 0 Å². The van der Waals surface area contributed by atoms with Crippen LogP contribution in [0, 0.1) is 0 Å². The zero-order chi connectivity index (χ0) is 19.2. The Kier molecular flexibility index (Phi) is 10.7. The number of ether oxygens (including phenoxy) is 1. The van der Waals surface area contributed by atoms with Crippen LogP contribution in [0.1, 0.15) is 49.7 Å². The summed E-state index contributed by atoms with van der Waals surface area (Å²) in [6.45, 7) is 7.07. The largest absolute Gasteiger partial charge is 0.494 e. The molecule has 170 valence electrons. The monoisotopic (exact) mass is 457 g/mol. The predicted octanol–water partition coefficient (Wildman–Crippen LogP) is 3.46. The van der Waals surface area contributed by atoms with Crippen LogP contribution < -0.4 is 10.1 Å². The lowest BCUT2D eigenvalue weighted by atomic mass is 10.0. The van der Waals surface area contributed by atoms with Crippen LogP contribution in [0.25, 0.3) is 0 Å². The van der Waals surface area contributed by atoms with Crippen molar-refractivity contribution >= 4 is 30.7 Å². The second-order valence-electron chi connectivity index (χ2n) is 8.51. The van der Waals surface area contributed by atoms with Gasteiger partial charge in [-0.25, -0.2) is 0 Å². The van der Waals surface area contributed by atoms with Crippen LogP contribution in [0.2, 0.25) is 0 Å². The Morgan fingerprint density at radius 2 is 1.77 bits per heavy atom. The third-order valence-electron chi connectivity index (χ3n) is 6.49. The number of nitrogens with one attached hydrogen (secondary N) is 1. The first-order valence-corrected chi connectivity index (χ1v) is 11.3. The summed E-state index contributed by atoms with van der Waals surface area (Å²) in [5.41, 5.74) is 2.72. The van der Waals surface area contributed by atoms with Gasteiger partial charge in [0.1, 0.15) is 5.75 Å². The number of benzene rings is 1. The van der Waals surface area contributed by atoms with Gasteiger partial charge in [-0.1, -0.05) is 12.5 Å². The molecule has 2 fully saturated rings. The Bertz CT molecular complexity index is 662. The van der Waals surface area contributed by atoms with E-state index in [1.54, 1.807) is 0 Å². The van der Waals surface area contributed by atoms with Gasteiger partial charge in [-0.3, -0.25) is 4.79 Å². The summed E-state index contributed by atoms with van der Waals surface area (Å²) in [6, 6.07) is 6.56. The van der Waals surface area contributed by atoms with Crippen molar-refractivity contribution in [2.45, 2.75) is 57.4 Å². The maximum absolute atomic E-state index is 12.7. The Labute approximate surface area is 193 Å². The quantitative estimate of drug-likeness (QED) is 0.664. The Morgan fingerprint density at radius 1 is 1.00 bits per heavy atom. The van der Waals surface area contributed by atoms with E-state index in [1.165, 1.54) is 43.5 Å². The molecule has 30 heavy (non-hydrogen) atoms. The fourth-order valence-corrected chi connectivity index (χ4v) is 4.79. The molecule has 1 N–H and O–H groups in total. The van der Waals surface area contributed by atoms with Crippen molar-refractivity contribution in [3.8, 4) is 5.75 Å². The Hall–Kier alpha value is -1.01. The van der Waals surface area contributed by atoms with Crippen LogP contribution in [-0.4, -0.2) is 67.6 Å². The average molecular weight is 458 g/mol. The Morgan fingerprint density at radius 3 is 2.50 bits per heavy atom. The SMILES string of the molecule is Cl.Cl.O=C(C1CCCN1)N1CCc2ccc(OCCCN3CCCCC3)cc2CC1. The van der Waals surface area contributed by atoms with Gasteiger partial charge in [0, 0.05) is 19.6 Å². The van der Waals surface area contributed by atoms with E-state index in [2.05, 4.69) is 33.3 Å². The van der Waals surface area contributed by atoms with Crippen LogP contribution in [0.5, 0.6) is 5.75 Å². The fourth-order valence-electron chi connectivity index (χ4n) is 4.79. The lowest BCUT2D eigenvalue weighted by Crippen LogP contribution is -2.44. The van der Waals surface area contributed by atoms with Crippen molar-refractivity contribution in [3.63, 3.8) is 0 Å². The molecule has 0 aliphatic carbocycles. The number of amides is 1. The summed E-state index contributed by atoms with van der Waals surface area (Å²) >= 11 is 0. The van der Waals surface area contributed by atoms with Gasteiger partial charge in [0.15, 0.2) is 0 Å². The maximum Gasteiger partial charge on any atom is 0.239 e. The summed E-state index contributed by atoms with van der Waals surface area (Å²) in [6.07, 6.45) is 9.16. The number of nitrogens with zero attached hydrogens (tertiary/aromatic N) is 2. The molecule has 0 bridgehead atoms. The topological polar surface area (TPSA) is 44.8 Å². The number of hydrogen-bond acceptors (Lipinski definition) is 4. The molecule has 0 spiro atoms. The molecule has 1 unspecified atom stereocenters. The molecule has 1 amide bonds. The highest BCUT2D eigenvalue weighted by atomic mass is 35.5. The number of halogens is 2. The van der Waals surface area contributed by atoms with Gasteiger partial charge in [0.2, 0.25) is 5.91 Å². The first kappa shape index (κ1) is 25.3. The number of likely N-dealkylation sites (tertiary alicyclic amines) is 1. The van der Waals surface area contributed by atoms with Gasteiger partial charge in [-0.05, 0) is 87.8 Å². The first-order valence-electron chi connectivity index (χ1n) is 11.3. The van der Waals surface area contributed by atoms with E-state index in [1.807, 2.05) is 0 Å². The second kappa shape index (κ2) is 12.7. The molecule has 7 heteroatoms. The highest BCUT2D eigenvalue weighted by Crippen LogP contribution is 2.23. The van der Waals surface area contributed by atoms with E-state index in [-0.39, 0.29) is 30.9 Å². The third kappa shape index (κ3) is 6.74. The molecule has 5 nitrogen and oxygen atoms in total. The van der Waals surface area contributed by atoms with Crippen LogP contribution in [0.4, 0.5) is 0 Å². The normalized spacial score (nSPS) is 21.7. The van der Waals surface area contributed by atoms with Gasteiger partial charge < -0.3 is 19.9 Å². The molecule has 3 aliphatic rings. The molecule has 1 aromatic rings. The minimum atomic E-state index is 0. The molecule has 0 radical (unpaired) electrons. The van der Waals surface area contributed by atoms with Gasteiger partial charge in [0.05, 0.1) is 12.6 Å². The maximum atomic E-state index is 12.7. The minimum Gasteiger partial charge on any atom is -0.494 e. The molecular formula is C23H37Cl2N3O2. The summed E-state index contributed by atoms with van der Waals surface area (Å²) in [7, 11) is 0. The number of carbonyl (C=O) groups is 1. The van der Waals surface area contributed by atoms with E-state index < -0.39 is 0 Å². The molecule has 4 rings (SSSR count). The van der Waals surface area contributed by atoms with Crippen LogP contribution in [-0.2, 0) is 17.6 Å². The van der Waals surface area contributed by atoms with Gasteiger partial charge in [-0.15, -0.1) is 24.8 Å². The standard InChI is InChI=1S/C23H35N3O2.2ClH/c27-23(22-6-4-11-24-22)26-15-9-19-7-8-21(18-20(19)10-16-26)28-17-5-14-25-12-2-1-3-13-25;;/h7-8,18,22,24H,1-6,9-17H2;2*1H. The minimum absolute atomic E-state index is 0. The molecule has 1 atom stereocenters. The number of piperidine rings is 1. The molecule has 1 aromatic carbocycles. The Balaban J connectivity index is 0.00000160. The highest BCUT2D eigenvalue weighted by molar-refractivity contribution is 5.85. The van der Waals surface area contributed by atoms with E-state index in [4.69, 9.17) is 4.74 Å². The molecular weight excluding hydrogens is 421 g/mol. The van der Waals surface area contributed by atoms with E-state index >= 15 is 0 Å². The van der Waals surface area contributed by atoms with Crippen molar-refractivity contribution in [2.24, 2.45) is 0 Å². The lowest BCUT2D eigenvalue weighted by Gasteiger charge is -2.26. The predicted molar refractivity (Wildman–Crippen MR) is 126 cm³/mol. The van der Waals surface area contributed by atoms with Crippen molar-refractivity contribution in [3.05, 3.63) is 29.3 Å². The summed E-state index contributed by atoms with van der Waals surface area (Å²) < 4.78 is 6.04. The number of fused-ring (bicyclic) bond motifs is 1. The van der Waals surface area contributed by atoms with Crippen molar-refractivity contribution < 1.29 is 9.53 Å². The molecule has 0 saturated carbocycles. The summed E-state index contributed by atoms with van der Waals surface area (Å²) in [5.74, 6) is 1.27. The molecule has 2 saturated heterocycles. The van der Waals surface area contributed by atoms with Crippen LogP contribution >= 0.6 is 24.8 Å². The van der Waals surface area contributed by atoms with E-state index in [0.717, 1.165) is 70.6 Å². The van der Waals surface area contributed by atoms with Gasteiger partial charge >= 0.3 is 0 Å². The summed E-state index contributed by atoms with van der Waals surface area (Å²) in [4.78, 5) is 17.3. The first-order chi connectivity index (χ1) is 13.8. The number of hydrogen-bond donors (Lipinski definition) is 1. The van der Waals surface area contributed by atoms with Gasteiger partial charge in [-0.2, -0.15) is 0 Å². The lowest BCUT2D eigenvalue weighted by molar-refractivity contribution is -0.132. The van der Waals surface area contributed by atoms with Crippen molar-refractivity contribution in [2.75, 3.05) is 45.9 Å². The highest BCUT2D eigenvalue weighted by Gasteiger charge is 2.28. The third-order valence-corrected chi connectivity index (χ3v) is 6.49. The van der Waals surface area contributed by atoms with Crippen molar-refractivity contribution in [1.82, 2.24) is 15.1 Å². The number of carbonyl (C=O) groups excluding carboxylic acids is 1. The zero-order valence-corrected chi connectivity index (χ0v) is 19.6. The summed E-state index contributed by atoms with van der Waals surface area (Å²) in [5, 5.41) is 3.34. The smallest absolute Gasteiger partial charge is 0.239 e.